The molecule has 1 heterocycles. The fourth-order valence-corrected chi connectivity index (χ4v) is 2.74. The second-order valence-electron chi connectivity index (χ2n) is 6.81. The molecular weight excluding hydrogens is 373 g/mol. The maximum atomic E-state index is 13.5. The molecule has 152 valence electrons. The highest BCUT2D eigenvalue weighted by Gasteiger charge is 2.35. The van der Waals surface area contributed by atoms with Crippen LogP contribution in [-0.2, 0) is 11.0 Å². The van der Waals surface area contributed by atoms with Crippen molar-refractivity contribution in [1.82, 2.24) is 9.97 Å². The van der Waals surface area contributed by atoms with Gasteiger partial charge in [-0.15, -0.1) is 0 Å². The summed E-state index contributed by atoms with van der Waals surface area (Å²) in [6.07, 6.45) is -2.77. The normalized spacial score (nSPS) is 13.7. The SMILES string of the molecule is CC(=O)Nc1cc(-c2ccc(OCC(C)CC(C)N)c(C(F)(F)F)c2)ncn1. The second-order valence-corrected chi connectivity index (χ2v) is 6.81. The molecule has 0 aliphatic carbocycles. The van der Waals surface area contributed by atoms with Crippen LogP contribution >= 0.6 is 0 Å². The maximum Gasteiger partial charge on any atom is 0.419 e. The molecule has 0 spiro atoms. The van der Waals surface area contributed by atoms with Gasteiger partial charge in [-0.05, 0) is 37.5 Å². The first-order valence-corrected chi connectivity index (χ1v) is 8.76. The van der Waals surface area contributed by atoms with Crippen LogP contribution in [0.15, 0.2) is 30.6 Å². The first kappa shape index (κ1) is 21.6. The molecule has 0 saturated heterocycles. The highest BCUT2D eigenvalue weighted by molar-refractivity contribution is 5.88. The fourth-order valence-electron chi connectivity index (χ4n) is 2.74. The Morgan fingerprint density at radius 1 is 1.25 bits per heavy atom. The molecule has 0 fully saturated rings. The number of nitrogens with zero attached hydrogens (tertiary/aromatic N) is 2. The largest absolute Gasteiger partial charge is 0.493 e. The predicted octanol–water partition coefficient (Wildman–Crippen LogP) is 3.87. The highest BCUT2D eigenvalue weighted by Crippen LogP contribution is 2.39. The molecule has 9 heteroatoms. The fraction of sp³-hybridized carbons (Fsp3) is 0.421. The number of nitrogens with one attached hydrogen (secondary N) is 1. The molecule has 0 aliphatic heterocycles. The first-order valence-electron chi connectivity index (χ1n) is 8.76. The van der Waals surface area contributed by atoms with Gasteiger partial charge in [0.15, 0.2) is 0 Å². The molecule has 0 aliphatic rings. The molecular formula is C19H23F3N4O2. The van der Waals surface area contributed by atoms with E-state index in [-0.39, 0.29) is 47.3 Å². The number of ether oxygens (including phenoxy) is 1. The quantitative estimate of drug-likeness (QED) is 0.741. The Bertz CT molecular complexity index is 825. The summed E-state index contributed by atoms with van der Waals surface area (Å²) in [6, 6.07) is 5.09. The van der Waals surface area contributed by atoms with Crippen LogP contribution in [0, 0.1) is 5.92 Å². The summed E-state index contributed by atoms with van der Waals surface area (Å²) in [6.45, 7) is 5.14. The van der Waals surface area contributed by atoms with Crippen molar-refractivity contribution in [3.05, 3.63) is 36.2 Å². The lowest BCUT2D eigenvalue weighted by atomic mass is 10.0. The average molecular weight is 396 g/mol. The van der Waals surface area contributed by atoms with Gasteiger partial charge in [-0.25, -0.2) is 9.97 Å². The number of amides is 1. The molecule has 2 unspecified atom stereocenters. The van der Waals surface area contributed by atoms with E-state index in [1.54, 1.807) is 0 Å². The third-order valence-electron chi connectivity index (χ3n) is 3.85. The number of nitrogens with two attached hydrogens (primary N) is 1. The summed E-state index contributed by atoms with van der Waals surface area (Å²) in [5.41, 5.74) is 5.31. The van der Waals surface area contributed by atoms with Gasteiger partial charge in [0, 0.05) is 24.6 Å². The Labute approximate surface area is 161 Å². The maximum absolute atomic E-state index is 13.5. The number of hydrogen-bond acceptors (Lipinski definition) is 5. The second kappa shape index (κ2) is 9.01. The Morgan fingerprint density at radius 2 is 1.96 bits per heavy atom. The smallest absolute Gasteiger partial charge is 0.419 e. The zero-order valence-electron chi connectivity index (χ0n) is 15.9. The van der Waals surface area contributed by atoms with Crippen LogP contribution in [0.4, 0.5) is 19.0 Å². The van der Waals surface area contributed by atoms with Crippen molar-refractivity contribution in [2.75, 3.05) is 11.9 Å². The van der Waals surface area contributed by atoms with E-state index in [9.17, 15) is 18.0 Å². The Kier molecular flexibility index (Phi) is 6.95. The van der Waals surface area contributed by atoms with E-state index in [2.05, 4.69) is 15.3 Å². The lowest BCUT2D eigenvalue weighted by molar-refractivity contribution is -0.139. The molecule has 0 bridgehead atoms. The molecule has 2 atom stereocenters. The van der Waals surface area contributed by atoms with Gasteiger partial charge in [-0.1, -0.05) is 6.92 Å². The molecule has 0 radical (unpaired) electrons. The summed E-state index contributed by atoms with van der Waals surface area (Å²) < 4.78 is 46.0. The van der Waals surface area contributed by atoms with Crippen molar-refractivity contribution in [3.63, 3.8) is 0 Å². The number of benzene rings is 1. The number of rotatable bonds is 7. The summed E-state index contributed by atoms with van der Waals surface area (Å²) in [5.74, 6) is -0.367. The van der Waals surface area contributed by atoms with Gasteiger partial charge in [0.2, 0.25) is 5.91 Å². The zero-order valence-corrected chi connectivity index (χ0v) is 15.9. The lowest BCUT2D eigenvalue weighted by Crippen LogP contribution is -2.22. The molecule has 1 amide bonds. The monoisotopic (exact) mass is 396 g/mol. The molecule has 0 saturated carbocycles. The number of carbonyl (C=O) groups excluding carboxylic acids is 1. The minimum Gasteiger partial charge on any atom is -0.493 e. The summed E-state index contributed by atoms with van der Waals surface area (Å²) in [7, 11) is 0. The van der Waals surface area contributed by atoms with Gasteiger partial charge < -0.3 is 15.8 Å². The number of halogens is 3. The van der Waals surface area contributed by atoms with E-state index < -0.39 is 11.7 Å². The number of alkyl halides is 3. The van der Waals surface area contributed by atoms with Crippen LogP contribution in [-0.4, -0.2) is 28.5 Å². The molecule has 2 rings (SSSR count). The zero-order chi connectivity index (χ0) is 20.9. The summed E-state index contributed by atoms with van der Waals surface area (Å²) in [4.78, 5) is 19.0. The van der Waals surface area contributed by atoms with Crippen LogP contribution in [0.1, 0.15) is 32.8 Å². The topological polar surface area (TPSA) is 90.1 Å². The average Bonchev–Trinajstić information content (AvgIpc) is 2.58. The minimum absolute atomic E-state index is 0.0165. The first-order chi connectivity index (χ1) is 13.1. The van der Waals surface area contributed by atoms with Crippen molar-refractivity contribution >= 4 is 11.7 Å². The molecule has 2 aromatic rings. The third-order valence-corrected chi connectivity index (χ3v) is 3.85. The van der Waals surface area contributed by atoms with Gasteiger partial charge in [-0.2, -0.15) is 13.2 Å². The van der Waals surface area contributed by atoms with Crippen molar-refractivity contribution < 1.29 is 22.7 Å². The van der Waals surface area contributed by atoms with Crippen molar-refractivity contribution in [3.8, 4) is 17.0 Å². The van der Waals surface area contributed by atoms with E-state index in [0.29, 0.717) is 6.42 Å². The van der Waals surface area contributed by atoms with Crippen LogP contribution in [0.25, 0.3) is 11.3 Å². The van der Waals surface area contributed by atoms with Gasteiger partial charge in [0.05, 0.1) is 17.9 Å². The van der Waals surface area contributed by atoms with E-state index in [1.807, 2.05) is 13.8 Å². The van der Waals surface area contributed by atoms with Gasteiger partial charge in [0.25, 0.3) is 0 Å². The van der Waals surface area contributed by atoms with E-state index >= 15 is 0 Å². The van der Waals surface area contributed by atoms with Crippen LogP contribution < -0.4 is 15.8 Å². The van der Waals surface area contributed by atoms with Gasteiger partial charge in [-0.3, -0.25) is 4.79 Å². The van der Waals surface area contributed by atoms with E-state index in [4.69, 9.17) is 10.5 Å². The number of anilines is 1. The Balaban J connectivity index is 2.31. The molecule has 1 aromatic carbocycles. The predicted molar refractivity (Wildman–Crippen MR) is 99.7 cm³/mol. The molecule has 6 nitrogen and oxygen atoms in total. The molecule has 3 N–H and O–H groups in total. The van der Waals surface area contributed by atoms with E-state index in [1.165, 1.54) is 31.5 Å². The van der Waals surface area contributed by atoms with Crippen LogP contribution in [0.2, 0.25) is 0 Å². The van der Waals surface area contributed by atoms with Gasteiger partial charge >= 0.3 is 6.18 Å². The van der Waals surface area contributed by atoms with Crippen molar-refractivity contribution in [1.29, 1.82) is 0 Å². The number of hydrogen-bond donors (Lipinski definition) is 2. The number of aromatic nitrogens is 2. The number of carbonyl (C=O) groups is 1. The van der Waals surface area contributed by atoms with E-state index in [0.717, 1.165) is 6.07 Å². The van der Waals surface area contributed by atoms with Crippen LogP contribution in [0.3, 0.4) is 0 Å². The van der Waals surface area contributed by atoms with Crippen molar-refractivity contribution in [2.45, 2.75) is 39.4 Å². The highest BCUT2D eigenvalue weighted by atomic mass is 19.4. The minimum atomic E-state index is -4.59. The summed E-state index contributed by atoms with van der Waals surface area (Å²) in [5, 5.41) is 2.47. The standard InChI is InChI=1S/C19H23F3N4O2/c1-11(6-12(2)23)9-28-17-5-4-14(7-15(17)19(20,21)22)16-8-18(25-10-24-16)26-13(3)27/h4-5,7-8,10-12H,6,9,23H2,1-3H3,(H,24,25,26,27). The summed E-state index contributed by atoms with van der Waals surface area (Å²) >= 11 is 0. The van der Waals surface area contributed by atoms with Crippen LogP contribution in [0.5, 0.6) is 5.75 Å². The van der Waals surface area contributed by atoms with Gasteiger partial charge in [0.1, 0.15) is 17.9 Å². The Morgan fingerprint density at radius 3 is 2.57 bits per heavy atom. The van der Waals surface area contributed by atoms with Crippen molar-refractivity contribution in [2.24, 2.45) is 11.7 Å². The third kappa shape index (κ3) is 6.19. The molecule has 1 aromatic heterocycles. The Hall–Kier alpha value is -2.68. The lowest BCUT2D eigenvalue weighted by Gasteiger charge is -2.19. The molecule has 28 heavy (non-hydrogen) atoms.